The quantitative estimate of drug-likeness (QED) is 0.873. The fourth-order valence-corrected chi connectivity index (χ4v) is 2.61. The number of likely N-dealkylation sites (tertiary alicyclic amines) is 1. The van der Waals surface area contributed by atoms with Gasteiger partial charge < -0.3 is 15.5 Å². The number of carbonyl (C=O) groups is 1. The zero-order valence-corrected chi connectivity index (χ0v) is 12.0. The standard InChI is InChI=1S/C15H23N3O/c1-11-6-7-14(16-2)13(9-11)15(19)17-12-5-4-8-18(3)10-12/h6-7,9,12,16H,4-5,8,10H2,1-3H3,(H,17,19). The molecule has 1 saturated heterocycles. The highest BCUT2D eigenvalue weighted by molar-refractivity contribution is 6.00. The van der Waals surface area contributed by atoms with Gasteiger partial charge in [0.25, 0.3) is 5.91 Å². The Kier molecular flexibility index (Phi) is 4.43. The molecule has 2 N–H and O–H groups in total. The molecule has 19 heavy (non-hydrogen) atoms. The van der Waals surface area contributed by atoms with Crippen molar-refractivity contribution in [2.75, 3.05) is 32.5 Å². The lowest BCUT2D eigenvalue weighted by atomic mass is 10.0. The molecule has 2 rings (SSSR count). The van der Waals surface area contributed by atoms with E-state index in [1.807, 2.05) is 32.2 Å². The summed E-state index contributed by atoms with van der Waals surface area (Å²) in [6, 6.07) is 6.17. The summed E-state index contributed by atoms with van der Waals surface area (Å²) in [4.78, 5) is 14.6. The summed E-state index contributed by atoms with van der Waals surface area (Å²) >= 11 is 0. The third-order valence-corrected chi connectivity index (χ3v) is 3.65. The fourth-order valence-electron chi connectivity index (χ4n) is 2.61. The molecule has 1 aliphatic rings. The van der Waals surface area contributed by atoms with Crippen LogP contribution < -0.4 is 10.6 Å². The van der Waals surface area contributed by atoms with Crippen molar-refractivity contribution in [2.24, 2.45) is 0 Å². The molecule has 0 bridgehead atoms. The van der Waals surface area contributed by atoms with E-state index in [1.54, 1.807) is 0 Å². The highest BCUT2D eigenvalue weighted by Crippen LogP contribution is 2.17. The zero-order valence-electron chi connectivity index (χ0n) is 12.0. The molecule has 0 spiro atoms. The average Bonchev–Trinajstić information content (AvgIpc) is 2.38. The number of piperidine rings is 1. The van der Waals surface area contributed by atoms with E-state index in [4.69, 9.17) is 0 Å². The number of rotatable bonds is 3. The first-order valence-electron chi connectivity index (χ1n) is 6.88. The maximum absolute atomic E-state index is 12.4. The second-order valence-electron chi connectivity index (χ2n) is 5.37. The molecule has 1 heterocycles. The van der Waals surface area contributed by atoms with Gasteiger partial charge in [-0.3, -0.25) is 4.79 Å². The largest absolute Gasteiger partial charge is 0.387 e. The van der Waals surface area contributed by atoms with E-state index < -0.39 is 0 Å². The molecule has 0 saturated carbocycles. The van der Waals surface area contributed by atoms with Crippen molar-refractivity contribution in [3.63, 3.8) is 0 Å². The summed E-state index contributed by atoms with van der Waals surface area (Å²) in [5.74, 6) is 0.0216. The molecule has 0 aliphatic carbocycles. The van der Waals surface area contributed by atoms with E-state index in [1.165, 1.54) is 0 Å². The minimum atomic E-state index is 0.0216. The Morgan fingerprint density at radius 3 is 2.89 bits per heavy atom. The second kappa shape index (κ2) is 6.06. The highest BCUT2D eigenvalue weighted by Gasteiger charge is 2.20. The number of aryl methyl sites for hydroxylation is 1. The van der Waals surface area contributed by atoms with E-state index in [-0.39, 0.29) is 11.9 Å². The molecular formula is C15H23N3O. The molecule has 1 amide bonds. The Hall–Kier alpha value is -1.55. The lowest BCUT2D eigenvalue weighted by Gasteiger charge is -2.30. The molecule has 1 aromatic carbocycles. The van der Waals surface area contributed by atoms with Crippen LogP contribution in [-0.4, -0.2) is 44.0 Å². The molecule has 0 aromatic heterocycles. The number of likely N-dealkylation sites (N-methyl/N-ethyl adjacent to an activating group) is 1. The summed E-state index contributed by atoms with van der Waals surface area (Å²) < 4.78 is 0. The van der Waals surface area contributed by atoms with E-state index in [0.29, 0.717) is 0 Å². The van der Waals surface area contributed by atoms with Crippen LogP contribution >= 0.6 is 0 Å². The van der Waals surface area contributed by atoms with Crippen LogP contribution in [0.2, 0.25) is 0 Å². The maximum atomic E-state index is 12.4. The van der Waals surface area contributed by atoms with Gasteiger partial charge in [-0.25, -0.2) is 0 Å². The number of hydrogen-bond acceptors (Lipinski definition) is 3. The van der Waals surface area contributed by atoms with Gasteiger partial charge in [-0.1, -0.05) is 11.6 Å². The van der Waals surface area contributed by atoms with Crippen LogP contribution in [0.4, 0.5) is 5.69 Å². The van der Waals surface area contributed by atoms with Crippen molar-refractivity contribution in [2.45, 2.75) is 25.8 Å². The van der Waals surface area contributed by atoms with Gasteiger partial charge in [0.05, 0.1) is 5.56 Å². The molecule has 1 fully saturated rings. The average molecular weight is 261 g/mol. The van der Waals surface area contributed by atoms with Gasteiger partial charge >= 0.3 is 0 Å². The number of benzene rings is 1. The Bertz CT molecular complexity index is 459. The second-order valence-corrected chi connectivity index (χ2v) is 5.37. The third kappa shape index (κ3) is 3.47. The Morgan fingerprint density at radius 1 is 1.42 bits per heavy atom. The van der Waals surface area contributed by atoms with Crippen molar-refractivity contribution in [3.8, 4) is 0 Å². The summed E-state index contributed by atoms with van der Waals surface area (Å²) in [5.41, 5.74) is 2.72. The van der Waals surface area contributed by atoms with Crippen molar-refractivity contribution < 1.29 is 4.79 Å². The molecule has 4 heteroatoms. The van der Waals surface area contributed by atoms with E-state index in [2.05, 4.69) is 22.6 Å². The monoisotopic (exact) mass is 261 g/mol. The van der Waals surface area contributed by atoms with Gasteiger partial charge in [-0.15, -0.1) is 0 Å². The Labute approximate surface area is 115 Å². The van der Waals surface area contributed by atoms with Gasteiger partial charge in [0.15, 0.2) is 0 Å². The molecule has 1 atom stereocenters. The van der Waals surface area contributed by atoms with Crippen molar-refractivity contribution in [1.82, 2.24) is 10.2 Å². The molecule has 0 radical (unpaired) electrons. The predicted molar refractivity (Wildman–Crippen MR) is 78.7 cm³/mol. The number of carbonyl (C=O) groups excluding carboxylic acids is 1. The molecule has 104 valence electrons. The lowest BCUT2D eigenvalue weighted by Crippen LogP contribution is -2.46. The smallest absolute Gasteiger partial charge is 0.253 e. The van der Waals surface area contributed by atoms with Crippen LogP contribution in [0.25, 0.3) is 0 Å². The SMILES string of the molecule is CNc1ccc(C)cc1C(=O)NC1CCCN(C)C1. The highest BCUT2D eigenvalue weighted by atomic mass is 16.1. The van der Waals surface area contributed by atoms with Crippen molar-refractivity contribution in [3.05, 3.63) is 29.3 Å². The predicted octanol–water partition coefficient (Wildman–Crippen LogP) is 1.86. The molecule has 4 nitrogen and oxygen atoms in total. The van der Waals surface area contributed by atoms with Gasteiger partial charge in [0, 0.05) is 25.3 Å². The van der Waals surface area contributed by atoms with Crippen LogP contribution in [0.3, 0.4) is 0 Å². The summed E-state index contributed by atoms with van der Waals surface area (Å²) in [5, 5.41) is 6.23. The van der Waals surface area contributed by atoms with Crippen LogP contribution in [0.15, 0.2) is 18.2 Å². The van der Waals surface area contributed by atoms with Crippen LogP contribution in [0, 0.1) is 6.92 Å². The lowest BCUT2D eigenvalue weighted by molar-refractivity contribution is 0.0913. The van der Waals surface area contributed by atoms with E-state index in [0.717, 1.165) is 42.7 Å². The Morgan fingerprint density at radius 2 is 2.21 bits per heavy atom. The first kappa shape index (κ1) is 13.9. The van der Waals surface area contributed by atoms with Crippen LogP contribution in [0.5, 0.6) is 0 Å². The zero-order chi connectivity index (χ0) is 13.8. The van der Waals surface area contributed by atoms with Crippen molar-refractivity contribution in [1.29, 1.82) is 0 Å². The summed E-state index contributed by atoms with van der Waals surface area (Å²) in [6.07, 6.45) is 2.21. The van der Waals surface area contributed by atoms with Gasteiger partial charge in [0.1, 0.15) is 0 Å². The molecular weight excluding hydrogens is 238 g/mol. The summed E-state index contributed by atoms with van der Waals surface area (Å²) in [7, 11) is 3.94. The first-order chi connectivity index (χ1) is 9.10. The summed E-state index contributed by atoms with van der Waals surface area (Å²) in [6.45, 7) is 4.07. The fraction of sp³-hybridized carbons (Fsp3) is 0.533. The van der Waals surface area contributed by atoms with E-state index >= 15 is 0 Å². The van der Waals surface area contributed by atoms with Crippen LogP contribution in [0.1, 0.15) is 28.8 Å². The number of nitrogens with zero attached hydrogens (tertiary/aromatic N) is 1. The third-order valence-electron chi connectivity index (χ3n) is 3.65. The molecule has 1 aromatic rings. The van der Waals surface area contributed by atoms with Crippen molar-refractivity contribution >= 4 is 11.6 Å². The minimum Gasteiger partial charge on any atom is -0.387 e. The van der Waals surface area contributed by atoms with E-state index in [9.17, 15) is 4.79 Å². The first-order valence-corrected chi connectivity index (χ1v) is 6.88. The minimum absolute atomic E-state index is 0.0216. The topological polar surface area (TPSA) is 44.4 Å². The number of nitrogens with one attached hydrogen (secondary N) is 2. The molecule has 1 unspecified atom stereocenters. The van der Waals surface area contributed by atoms with Gasteiger partial charge in [-0.05, 0) is 45.5 Å². The number of anilines is 1. The normalized spacial score (nSPS) is 20.1. The maximum Gasteiger partial charge on any atom is 0.253 e. The number of hydrogen-bond donors (Lipinski definition) is 2. The van der Waals surface area contributed by atoms with Crippen LogP contribution in [-0.2, 0) is 0 Å². The van der Waals surface area contributed by atoms with Gasteiger partial charge in [0.2, 0.25) is 0 Å². The molecule has 1 aliphatic heterocycles. The number of amides is 1. The Balaban J connectivity index is 2.09. The van der Waals surface area contributed by atoms with Gasteiger partial charge in [-0.2, -0.15) is 0 Å².